The van der Waals surface area contributed by atoms with E-state index in [1.165, 1.54) is 11.3 Å². The van der Waals surface area contributed by atoms with Crippen molar-refractivity contribution in [3.05, 3.63) is 157 Å². The molecule has 0 spiro atoms. The molecule has 0 unspecified atom stereocenters. The molecule has 0 saturated carbocycles. The highest BCUT2D eigenvalue weighted by atomic mass is 32.1. The highest BCUT2D eigenvalue weighted by Crippen LogP contribution is 2.39. The van der Waals surface area contributed by atoms with Gasteiger partial charge in [0.05, 0.1) is 39.8 Å². The first-order valence-corrected chi connectivity index (χ1v) is 16.8. The molecule has 49 heavy (non-hydrogen) atoms. The number of nitrogens with zero attached hydrogens (tertiary/aromatic N) is 3. The van der Waals surface area contributed by atoms with Gasteiger partial charge in [0.15, 0.2) is 16.3 Å². The maximum absolute atomic E-state index is 14.6. The summed E-state index contributed by atoms with van der Waals surface area (Å²) in [5.41, 5.74) is 7.11. The van der Waals surface area contributed by atoms with Gasteiger partial charge in [0.2, 0.25) is 6.79 Å². The van der Waals surface area contributed by atoms with Crippen LogP contribution in [0.25, 0.3) is 34.3 Å². The Morgan fingerprint density at radius 3 is 2.29 bits per heavy atom. The summed E-state index contributed by atoms with van der Waals surface area (Å²) in [6, 6.07) is 37.5. The van der Waals surface area contributed by atoms with Gasteiger partial charge in [-0.3, -0.25) is 9.36 Å². The standard InChI is InChI=1S/C40H31N3O5S/c1-3-46-39(45)35-25(2)41-40-43(37(35)28-19-20-32-33(22-28)48-24-47-32)38(44)34(49-40)23-29-21-31(26-13-7-4-8-14-26)42(30-17-11-6-12-18-30)36(29)27-15-9-5-10-16-27/h4-23,37H,3,24H2,1-2H3/b34-23-/t37-/m0/s1. The van der Waals surface area contributed by atoms with Crippen molar-refractivity contribution in [2.75, 3.05) is 13.4 Å². The van der Waals surface area contributed by atoms with Gasteiger partial charge >= 0.3 is 5.97 Å². The van der Waals surface area contributed by atoms with E-state index in [9.17, 15) is 9.59 Å². The average Bonchev–Trinajstić information content (AvgIpc) is 3.84. The highest BCUT2D eigenvalue weighted by molar-refractivity contribution is 7.07. The number of carbonyl (C=O) groups excluding carboxylic acids is 1. The molecule has 0 radical (unpaired) electrons. The maximum Gasteiger partial charge on any atom is 0.338 e. The summed E-state index contributed by atoms with van der Waals surface area (Å²) in [5.74, 6) is 0.653. The molecule has 0 fully saturated rings. The van der Waals surface area contributed by atoms with Crippen molar-refractivity contribution in [3.63, 3.8) is 0 Å². The number of hydrogen-bond donors (Lipinski definition) is 0. The van der Waals surface area contributed by atoms with Crippen LogP contribution < -0.4 is 24.4 Å². The second kappa shape index (κ2) is 12.6. The van der Waals surface area contributed by atoms with E-state index < -0.39 is 12.0 Å². The number of ether oxygens (including phenoxy) is 3. The lowest BCUT2D eigenvalue weighted by atomic mass is 9.95. The predicted octanol–water partition coefficient (Wildman–Crippen LogP) is 6.65. The zero-order chi connectivity index (χ0) is 33.5. The van der Waals surface area contributed by atoms with Gasteiger partial charge in [0.25, 0.3) is 5.56 Å². The molecule has 0 bridgehead atoms. The lowest BCUT2D eigenvalue weighted by Crippen LogP contribution is -2.39. The number of thiazole rings is 1. The Morgan fingerprint density at radius 1 is 0.898 bits per heavy atom. The van der Waals surface area contributed by atoms with Crippen LogP contribution in [0.4, 0.5) is 0 Å². The zero-order valence-electron chi connectivity index (χ0n) is 26.8. The quantitative estimate of drug-likeness (QED) is 0.178. The molecule has 0 aliphatic carbocycles. The number of carbonyl (C=O) groups is 1. The summed E-state index contributed by atoms with van der Waals surface area (Å²) in [4.78, 5) is 33.3. The normalized spacial score (nSPS) is 15.2. The van der Waals surface area contributed by atoms with E-state index >= 15 is 0 Å². The van der Waals surface area contributed by atoms with Crippen LogP contribution in [0.15, 0.2) is 136 Å². The third-order valence-corrected chi connectivity index (χ3v) is 9.66. The molecule has 0 saturated heterocycles. The molecular formula is C40H31N3O5S. The first-order chi connectivity index (χ1) is 24.0. The summed E-state index contributed by atoms with van der Waals surface area (Å²) in [7, 11) is 0. The van der Waals surface area contributed by atoms with Crippen molar-refractivity contribution in [1.29, 1.82) is 0 Å². The van der Waals surface area contributed by atoms with E-state index in [1.54, 1.807) is 24.5 Å². The van der Waals surface area contributed by atoms with Gasteiger partial charge in [0, 0.05) is 11.3 Å². The number of esters is 1. The van der Waals surface area contributed by atoms with E-state index in [-0.39, 0.29) is 19.0 Å². The number of hydrogen-bond acceptors (Lipinski definition) is 7. The van der Waals surface area contributed by atoms with Gasteiger partial charge in [-0.05, 0) is 66.9 Å². The summed E-state index contributed by atoms with van der Waals surface area (Å²) in [6.45, 7) is 3.84. The topological polar surface area (TPSA) is 84.1 Å². The molecule has 9 heteroatoms. The van der Waals surface area contributed by atoms with E-state index in [2.05, 4.69) is 47.0 Å². The Labute approximate surface area is 286 Å². The van der Waals surface area contributed by atoms with Crippen LogP contribution in [0.5, 0.6) is 11.5 Å². The molecule has 6 aromatic rings. The van der Waals surface area contributed by atoms with Crippen molar-refractivity contribution < 1.29 is 19.0 Å². The molecule has 8 nitrogen and oxygen atoms in total. The van der Waals surface area contributed by atoms with E-state index in [0.717, 1.165) is 33.8 Å². The molecule has 4 heterocycles. The van der Waals surface area contributed by atoms with Crippen LogP contribution in [0, 0.1) is 0 Å². The van der Waals surface area contributed by atoms with Crippen molar-refractivity contribution in [1.82, 2.24) is 9.13 Å². The van der Waals surface area contributed by atoms with E-state index in [1.807, 2.05) is 72.8 Å². The molecule has 8 rings (SSSR count). The molecular weight excluding hydrogens is 635 g/mol. The minimum atomic E-state index is -0.769. The zero-order valence-corrected chi connectivity index (χ0v) is 27.6. The van der Waals surface area contributed by atoms with Crippen LogP contribution in [0.2, 0.25) is 0 Å². The Balaban J connectivity index is 1.38. The predicted molar refractivity (Wildman–Crippen MR) is 190 cm³/mol. The monoisotopic (exact) mass is 665 g/mol. The van der Waals surface area contributed by atoms with Gasteiger partial charge in [0.1, 0.15) is 0 Å². The second-order valence-electron chi connectivity index (χ2n) is 11.7. The fourth-order valence-electron chi connectivity index (χ4n) is 6.53. The first-order valence-electron chi connectivity index (χ1n) is 16.0. The van der Waals surface area contributed by atoms with Crippen LogP contribution in [-0.2, 0) is 9.53 Å². The molecule has 4 aromatic carbocycles. The smallest absolute Gasteiger partial charge is 0.338 e. The van der Waals surface area contributed by atoms with Crippen molar-refractivity contribution in [2.24, 2.45) is 4.99 Å². The van der Waals surface area contributed by atoms with Crippen molar-refractivity contribution in [2.45, 2.75) is 19.9 Å². The molecule has 2 aliphatic heterocycles. The number of rotatable bonds is 7. The number of fused-ring (bicyclic) bond motifs is 2. The number of benzene rings is 4. The van der Waals surface area contributed by atoms with Gasteiger partial charge in [-0.1, -0.05) is 96.3 Å². The van der Waals surface area contributed by atoms with Crippen molar-refractivity contribution >= 4 is 23.4 Å². The Bertz CT molecular complexity index is 2430. The van der Waals surface area contributed by atoms with Crippen LogP contribution in [-0.4, -0.2) is 28.5 Å². The average molecular weight is 666 g/mol. The summed E-state index contributed by atoms with van der Waals surface area (Å²) < 4.78 is 21.0. The fourth-order valence-corrected chi connectivity index (χ4v) is 7.57. The third kappa shape index (κ3) is 5.38. The lowest BCUT2D eigenvalue weighted by molar-refractivity contribution is -0.139. The summed E-state index contributed by atoms with van der Waals surface area (Å²) in [5, 5.41) is 0. The Hall–Kier alpha value is -5.93. The minimum absolute atomic E-state index is 0.110. The van der Waals surface area contributed by atoms with Gasteiger partial charge in [-0.15, -0.1) is 0 Å². The summed E-state index contributed by atoms with van der Waals surface area (Å²) in [6.07, 6.45) is 1.94. The third-order valence-electron chi connectivity index (χ3n) is 8.68. The SMILES string of the molecule is CCOC(=O)C1=C(C)N=c2s/c(=C\c3cc(-c4ccccc4)n(-c4ccccc4)c3-c3ccccc3)c(=O)n2[C@H]1c1ccc2c(c1)OCO2. The minimum Gasteiger partial charge on any atom is -0.463 e. The highest BCUT2D eigenvalue weighted by Gasteiger charge is 2.34. The Morgan fingerprint density at radius 2 is 1.57 bits per heavy atom. The van der Waals surface area contributed by atoms with Gasteiger partial charge in [-0.25, -0.2) is 9.79 Å². The molecule has 2 aliphatic rings. The second-order valence-corrected chi connectivity index (χ2v) is 12.7. The van der Waals surface area contributed by atoms with Gasteiger partial charge in [-0.2, -0.15) is 0 Å². The van der Waals surface area contributed by atoms with Crippen LogP contribution >= 0.6 is 11.3 Å². The Kier molecular flexibility index (Phi) is 7.81. The molecule has 242 valence electrons. The summed E-state index contributed by atoms with van der Waals surface area (Å²) >= 11 is 1.30. The molecule has 1 atom stereocenters. The van der Waals surface area contributed by atoms with Crippen LogP contribution in [0.1, 0.15) is 31.0 Å². The first kappa shape index (κ1) is 30.4. The van der Waals surface area contributed by atoms with E-state index in [0.29, 0.717) is 37.7 Å². The van der Waals surface area contributed by atoms with Crippen LogP contribution in [0.3, 0.4) is 0 Å². The molecule has 2 aromatic heterocycles. The van der Waals surface area contributed by atoms with Crippen molar-refractivity contribution in [3.8, 4) is 39.7 Å². The maximum atomic E-state index is 14.6. The largest absolute Gasteiger partial charge is 0.463 e. The number of para-hydroxylation sites is 1. The molecule has 0 amide bonds. The van der Waals surface area contributed by atoms with E-state index in [4.69, 9.17) is 19.2 Å². The molecule has 0 N–H and O–H groups in total. The fraction of sp³-hybridized carbons (Fsp3) is 0.125. The lowest BCUT2D eigenvalue weighted by Gasteiger charge is -2.24. The van der Waals surface area contributed by atoms with Gasteiger partial charge < -0.3 is 18.8 Å². The number of aromatic nitrogens is 2. The number of allylic oxidation sites excluding steroid dienone is 1.